The molecule has 0 amide bonds. The largest absolute Gasteiger partial charge is 0.388 e. The van der Waals surface area contributed by atoms with E-state index < -0.39 is 5.60 Å². The van der Waals surface area contributed by atoms with Crippen molar-refractivity contribution >= 4 is 12.4 Å². The summed E-state index contributed by atoms with van der Waals surface area (Å²) in [6.45, 7) is 1.01. The highest BCUT2D eigenvalue weighted by Gasteiger charge is 2.38. The van der Waals surface area contributed by atoms with Crippen molar-refractivity contribution in [3.8, 4) is 0 Å². The Balaban J connectivity index is 0.00000176. The van der Waals surface area contributed by atoms with Gasteiger partial charge in [-0.25, -0.2) is 0 Å². The Morgan fingerprint density at radius 1 is 0.909 bits per heavy atom. The van der Waals surface area contributed by atoms with Gasteiger partial charge in [-0.15, -0.1) is 12.4 Å². The number of halogens is 1. The zero-order valence-electron chi connectivity index (χ0n) is 12.7. The summed E-state index contributed by atoms with van der Waals surface area (Å²) in [4.78, 5) is 0. The monoisotopic (exact) mass is 317 g/mol. The molecule has 0 radical (unpaired) electrons. The van der Waals surface area contributed by atoms with Gasteiger partial charge in [0.1, 0.15) is 0 Å². The smallest absolute Gasteiger partial charge is 0.0880 e. The quantitative estimate of drug-likeness (QED) is 0.886. The van der Waals surface area contributed by atoms with Crippen LogP contribution in [0.15, 0.2) is 60.7 Å². The average molecular weight is 318 g/mol. The Kier molecular flexibility index (Phi) is 6.01. The minimum absolute atomic E-state index is 0. The molecule has 1 aliphatic heterocycles. The van der Waals surface area contributed by atoms with Gasteiger partial charge in [-0.1, -0.05) is 60.7 Å². The molecule has 1 saturated heterocycles. The molecule has 0 spiro atoms. The first-order valence-corrected chi connectivity index (χ1v) is 7.80. The first-order chi connectivity index (χ1) is 10.3. The van der Waals surface area contributed by atoms with Gasteiger partial charge < -0.3 is 10.4 Å². The maximum atomic E-state index is 11.4. The molecule has 1 atom stereocenters. The molecule has 0 aromatic heterocycles. The van der Waals surface area contributed by atoms with Crippen LogP contribution < -0.4 is 5.32 Å². The van der Waals surface area contributed by atoms with Crippen LogP contribution in [0.1, 0.15) is 24.0 Å². The lowest BCUT2D eigenvalue weighted by molar-refractivity contribution is 0.00788. The van der Waals surface area contributed by atoms with Gasteiger partial charge in [0.2, 0.25) is 0 Å². The van der Waals surface area contributed by atoms with Crippen LogP contribution in [0.2, 0.25) is 0 Å². The first-order valence-electron chi connectivity index (χ1n) is 7.80. The van der Waals surface area contributed by atoms with Gasteiger partial charge in [0.25, 0.3) is 0 Å². The second kappa shape index (κ2) is 7.77. The average Bonchev–Trinajstić information content (AvgIpc) is 3.04. The summed E-state index contributed by atoms with van der Waals surface area (Å²) in [6, 6.07) is 20.8. The number of aliphatic hydroxyl groups is 1. The summed E-state index contributed by atoms with van der Waals surface area (Å²) in [5, 5.41) is 14.8. The molecule has 2 aromatic carbocycles. The second-order valence-corrected chi connectivity index (χ2v) is 6.08. The van der Waals surface area contributed by atoms with E-state index in [4.69, 9.17) is 0 Å². The lowest BCUT2D eigenvalue weighted by Gasteiger charge is -2.35. The topological polar surface area (TPSA) is 32.3 Å². The van der Waals surface area contributed by atoms with Gasteiger partial charge in [0.15, 0.2) is 0 Å². The van der Waals surface area contributed by atoms with Crippen LogP contribution in [-0.4, -0.2) is 23.3 Å². The maximum Gasteiger partial charge on any atom is 0.0880 e. The molecule has 2 N–H and O–H groups in total. The summed E-state index contributed by atoms with van der Waals surface area (Å²) < 4.78 is 0. The van der Waals surface area contributed by atoms with Crippen LogP contribution in [0.25, 0.3) is 0 Å². The zero-order valence-corrected chi connectivity index (χ0v) is 13.6. The van der Waals surface area contributed by atoms with Crippen molar-refractivity contribution in [3.63, 3.8) is 0 Å². The van der Waals surface area contributed by atoms with Gasteiger partial charge >= 0.3 is 0 Å². The number of rotatable bonds is 5. The Morgan fingerprint density at radius 2 is 1.41 bits per heavy atom. The Bertz CT molecular complexity index is 511. The second-order valence-electron chi connectivity index (χ2n) is 6.08. The molecule has 0 unspecified atom stereocenters. The Labute approximate surface area is 139 Å². The lowest BCUT2D eigenvalue weighted by Crippen LogP contribution is -2.51. The minimum atomic E-state index is -0.723. The number of benzene rings is 2. The molecule has 0 aliphatic carbocycles. The van der Waals surface area contributed by atoms with Crippen LogP contribution in [-0.2, 0) is 12.8 Å². The van der Waals surface area contributed by atoms with E-state index in [1.807, 2.05) is 36.4 Å². The molecule has 3 rings (SSSR count). The minimum Gasteiger partial charge on any atom is -0.388 e. The summed E-state index contributed by atoms with van der Waals surface area (Å²) in [5.74, 6) is 0. The molecule has 1 heterocycles. The van der Waals surface area contributed by atoms with Crippen molar-refractivity contribution in [1.29, 1.82) is 0 Å². The molecule has 1 fully saturated rings. The highest BCUT2D eigenvalue weighted by Crippen LogP contribution is 2.27. The van der Waals surface area contributed by atoms with E-state index in [0.717, 1.165) is 19.4 Å². The van der Waals surface area contributed by atoms with E-state index in [9.17, 15) is 5.11 Å². The highest BCUT2D eigenvalue weighted by molar-refractivity contribution is 5.85. The molecule has 2 aromatic rings. The van der Waals surface area contributed by atoms with Gasteiger partial charge in [-0.3, -0.25) is 0 Å². The van der Waals surface area contributed by atoms with E-state index in [-0.39, 0.29) is 18.4 Å². The molecular weight excluding hydrogens is 294 g/mol. The fraction of sp³-hybridized carbons (Fsp3) is 0.368. The van der Waals surface area contributed by atoms with Crippen LogP contribution in [0.3, 0.4) is 0 Å². The third-order valence-electron chi connectivity index (χ3n) is 4.42. The summed E-state index contributed by atoms with van der Waals surface area (Å²) >= 11 is 0. The van der Waals surface area contributed by atoms with Crippen molar-refractivity contribution in [1.82, 2.24) is 5.32 Å². The maximum absolute atomic E-state index is 11.4. The van der Waals surface area contributed by atoms with Crippen molar-refractivity contribution in [2.75, 3.05) is 6.54 Å². The van der Waals surface area contributed by atoms with Gasteiger partial charge in [0, 0.05) is 18.9 Å². The summed E-state index contributed by atoms with van der Waals surface area (Å²) in [5.41, 5.74) is 1.67. The lowest BCUT2D eigenvalue weighted by atomic mass is 9.81. The third kappa shape index (κ3) is 4.10. The fourth-order valence-corrected chi connectivity index (χ4v) is 3.35. The van der Waals surface area contributed by atoms with Crippen molar-refractivity contribution in [2.45, 2.75) is 37.3 Å². The SMILES string of the molecule is Cl.OC(Cc1ccccc1)(Cc1ccccc1)[C@@H]1CCCN1. The molecule has 118 valence electrons. The predicted molar refractivity (Wildman–Crippen MR) is 93.5 cm³/mol. The molecule has 2 nitrogen and oxygen atoms in total. The Hall–Kier alpha value is -1.35. The summed E-state index contributed by atoms with van der Waals surface area (Å²) in [7, 11) is 0. The van der Waals surface area contributed by atoms with Gasteiger partial charge in [-0.05, 0) is 30.5 Å². The van der Waals surface area contributed by atoms with Crippen molar-refractivity contribution in [3.05, 3.63) is 71.8 Å². The normalized spacial score (nSPS) is 18.0. The number of nitrogens with one attached hydrogen (secondary N) is 1. The molecule has 1 aliphatic rings. The van der Waals surface area contributed by atoms with E-state index >= 15 is 0 Å². The first kappa shape index (κ1) is 17.0. The highest BCUT2D eigenvalue weighted by atomic mass is 35.5. The molecular formula is C19H24ClNO. The standard InChI is InChI=1S/C19H23NO.ClH/c21-19(18-12-7-13-20-18,14-16-8-3-1-4-9-16)15-17-10-5-2-6-11-17;/h1-6,8-11,18,20-21H,7,12-15H2;1H/t18-;/m0./s1. The number of hydrogen-bond donors (Lipinski definition) is 2. The van der Waals surface area contributed by atoms with Gasteiger partial charge in [-0.2, -0.15) is 0 Å². The molecule has 0 saturated carbocycles. The van der Waals surface area contributed by atoms with Gasteiger partial charge in [0.05, 0.1) is 5.60 Å². The van der Waals surface area contributed by atoms with Crippen molar-refractivity contribution < 1.29 is 5.11 Å². The van der Waals surface area contributed by atoms with Crippen LogP contribution in [0.5, 0.6) is 0 Å². The third-order valence-corrected chi connectivity index (χ3v) is 4.42. The predicted octanol–water partition coefficient (Wildman–Crippen LogP) is 3.38. The molecule has 3 heteroatoms. The van der Waals surface area contributed by atoms with E-state index in [2.05, 4.69) is 29.6 Å². The zero-order chi connectivity index (χ0) is 14.5. The molecule has 22 heavy (non-hydrogen) atoms. The van der Waals surface area contributed by atoms with Crippen LogP contribution >= 0.6 is 12.4 Å². The summed E-state index contributed by atoms with van der Waals surface area (Å²) in [6.07, 6.45) is 3.59. The van der Waals surface area contributed by atoms with E-state index in [1.165, 1.54) is 11.1 Å². The fourth-order valence-electron chi connectivity index (χ4n) is 3.35. The number of hydrogen-bond acceptors (Lipinski definition) is 2. The molecule has 0 bridgehead atoms. The van der Waals surface area contributed by atoms with E-state index in [0.29, 0.717) is 12.8 Å². The Morgan fingerprint density at radius 3 is 1.82 bits per heavy atom. The van der Waals surface area contributed by atoms with Crippen molar-refractivity contribution in [2.24, 2.45) is 0 Å². The van der Waals surface area contributed by atoms with Crippen LogP contribution in [0.4, 0.5) is 0 Å². The van der Waals surface area contributed by atoms with Crippen LogP contribution in [0, 0.1) is 0 Å². The van der Waals surface area contributed by atoms with E-state index in [1.54, 1.807) is 0 Å².